The largest absolute Gasteiger partial charge is 0.624 e. The standard InChI is InChI=1S/C6H11NO2/c1-5-3-7(8)4-6(2)9-5/h3,5-6H,4H2,1-2H3. The van der Waals surface area contributed by atoms with Gasteiger partial charge in [-0.2, -0.15) is 0 Å². The van der Waals surface area contributed by atoms with Crippen molar-refractivity contribution < 1.29 is 9.48 Å². The second-order valence-corrected chi connectivity index (χ2v) is 2.40. The number of rotatable bonds is 0. The van der Waals surface area contributed by atoms with E-state index in [0.717, 1.165) is 4.74 Å². The summed E-state index contributed by atoms with van der Waals surface area (Å²) in [4.78, 5) is 0. The van der Waals surface area contributed by atoms with Gasteiger partial charge >= 0.3 is 0 Å². The lowest BCUT2D eigenvalue weighted by Gasteiger charge is -2.20. The summed E-state index contributed by atoms with van der Waals surface area (Å²) in [5.74, 6) is 0. The number of hydrogen-bond donors (Lipinski definition) is 0. The molecule has 0 aromatic rings. The van der Waals surface area contributed by atoms with Gasteiger partial charge in [0, 0.05) is 0 Å². The van der Waals surface area contributed by atoms with Crippen molar-refractivity contribution in [1.82, 2.24) is 0 Å². The van der Waals surface area contributed by atoms with Crippen LogP contribution in [-0.2, 0) is 4.74 Å². The molecule has 0 amide bonds. The van der Waals surface area contributed by atoms with E-state index in [0.29, 0.717) is 6.54 Å². The zero-order valence-electron chi connectivity index (χ0n) is 5.70. The fraction of sp³-hybridized carbons (Fsp3) is 0.833. The third-order valence-corrected chi connectivity index (χ3v) is 1.26. The Labute approximate surface area is 54.5 Å². The van der Waals surface area contributed by atoms with Gasteiger partial charge in [-0.3, -0.25) is 0 Å². The maximum Gasteiger partial charge on any atom is 0.179 e. The third-order valence-electron chi connectivity index (χ3n) is 1.26. The van der Waals surface area contributed by atoms with Crippen molar-refractivity contribution in [2.75, 3.05) is 6.54 Å². The van der Waals surface area contributed by atoms with Crippen molar-refractivity contribution in [3.63, 3.8) is 0 Å². The van der Waals surface area contributed by atoms with Crippen LogP contribution in [0.15, 0.2) is 0 Å². The number of hydrogen-bond acceptors (Lipinski definition) is 2. The highest BCUT2D eigenvalue weighted by molar-refractivity contribution is 5.57. The monoisotopic (exact) mass is 129 g/mol. The predicted molar refractivity (Wildman–Crippen MR) is 34.6 cm³/mol. The van der Waals surface area contributed by atoms with Crippen LogP contribution in [0.25, 0.3) is 0 Å². The fourth-order valence-corrected chi connectivity index (χ4v) is 0.993. The van der Waals surface area contributed by atoms with Crippen LogP contribution in [0.4, 0.5) is 0 Å². The zero-order chi connectivity index (χ0) is 6.85. The van der Waals surface area contributed by atoms with E-state index in [2.05, 4.69) is 0 Å². The summed E-state index contributed by atoms with van der Waals surface area (Å²) in [6, 6.07) is 0. The highest BCUT2D eigenvalue weighted by Gasteiger charge is 2.17. The van der Waals surface area contributed by atoms with Crippen LogP contribution in [0, 0.1) is 5.21 Å². The van der Waals surface area contributed by atoms with Crippen molar-refractivity contribution in [3.8, 4) is 0 Å². The minimum Gasteiger partial charge on any atom is -0.624 e. The first-order chi connectivity index (χ1) is 4.18. The smallest absolute Gasteiger partial charge is 0.179 e. The molecule has 1 aliphatic heterocycles. The summed E-state index contributed by atoms with van der Waals surface area (Å²) in [6.07, 6.45) is 1.59. The van der Waals surface area contributed by atoms with Gasteiger partial charge in [0.15, 0.2) is 12.8 Å². The fourth-order valence-electron chi connectivity index (χ4n) is 0.993. The molecule has 0 bridgehead atoms. The van der Waals surface area contributed by atoms with E-state index < -0.39 is 0 Å². The molecule has 1 aliphatic rings. The summed E-state index contributed by atoms with van der Waals surface area (Å²) in [5.41, 5.74) is 0. The van der Waals surface area contributed by atoms with Crippen molar-refractivity contribution in [2.24, 2.45) is 0 Å². The lowest BCUT2D eigenvalue weighted by Crippen LogP contribution is -2.34. The summed E-state index contributed by atoms with van der Waals surface area (Å²) in [5, 5.41) is 10.7. The summed E-state index contributed by atoms with van der Waals surface area (Å²) in [6.45, 7) is 4.22. The lowest BCUT2D eigenvalue weighted by molar-refractivity contribution is -0.479. The molecule has 52 valence electrons. The number of nitrogens with zero attached hydrogens (tertiary/aromatic N) is 1. The normalized spacial score (nSPS) is 36.0. The topological polar surface area (TPSA) is 35.3 Å². The van der Waals surface area contributed by atoms with Crippen LogP contribution < -0.4 is 0 Å². The molecule has 0 saturated heterocycles. The first-order valence-corrected chi connectivity index (χ1v) is 3.12. The number of ether oxygens (including phenoxy) is 1. The summed E-state index contributed by atoms with van der Waals surface area (Å²) >= 11 is 0. The van der Waals surface area contributed by atoms with E-state index in [1.807, 2.05) is 13.8 Å². The molecular weight excluding hydrogens is 118 g/mol. The Hall–Kier alpha value is -0.570. The molecule has 1 heterocycles. The van der Waals surface area contributed by atoms with E-state index in [1.54, 1.807) is 6.21 Å². The highest BCUT2D eigenvalue weighted by Crippen LogP contribution is 2.01. The Morgan fingerprint density at radius 1 is 1.67 bits per heavy atom. The van der Waals surface area contributed by atoms with Crippen molar-refractivity contribution >= 4 is 6.21 Å². The minimum absolute atomic E-state index is 0.0220. The highest BCUT2D eigenvalue weighted by atomic mass is 16.5. The Balaban J connectivity index is 2.56. The van der Waals surface area contributed by atoms with Gasteiger partial charge in [0.25, 0.3) is 0 Å². The molecular formula is C6H11NO2. The van der Waals surface area contributed by atoms with Crippen LogP contribution >= 0.6 is 0 Å². The van der Waals surface area contributed by atoms with Crippen molar-refractivity contribution in [2.45, 2.75) is 26.1 Å². The van der Waals surface area contributed by atoms with Crippen molar-refractivity contribution in [1.29, 1.82) is 0 Å². The Kier molecular flexibility index (Phi) is 1.71. The van der Waals surface area contributed by atoms with Crippen LogP contribution in [0.3, 0.4) is 0 Å². The van der Waals surface area contributed by atoms with E-state index in [4.69, 9.17) is 4.74 Å². The first-order valence-electron chi connectivity index (χ1n) is 3.12. The molecule has 9 heavy (non-hydrogen) atoms. The second kappa shape index (κ2) is 2.35. The van der Waals surface area contributed by atoms with Gasteiger partial charge in [-0.25, -0.2) is 4.74 Å². The molecule has 0 spiro atoms. The first kappa shape index (κ1) is 6.55. The van der Waals surface area contributed by atoms with Gasteiger partial charge in [0.2, 0.25) is 0 Å². The van der Waals surface area contributed by atoms with Crippen molar-refractivity contribution in [3.05, 3.63) is 5.21 Å². The third kappa shape index (κ3) is 1.68. The van der Waals surface area contributed by atoms with Gasteiger partial charge < -0.3 is 9.94 Å². The SMILES string of the molecule is CC1C=[N+]([O-])CC(C)O1. The molecule has 0 N–H and O–H groups in total. The van der Waals surface area contributed by atoms with Crippen LogP contribution in [-0.4, -0.2) is 29.7 Å². The van der Waals surface area contributed by atoms with Gasteiger partial charge in [-0.05, 0) is 13.8 Å². The summed E-state index contributed by atoms with van der Waals surface area (Å²) in [7, 11) is 0. The van der Waals surface area contributed by atoms with Gasteiger partial charge in [0.05, 0.1) is 0 Å². The maximum atomic E-state index is 10.7. The van der Waals surface area contributed by atoms with Crippen LogP contribution in [0.1, 0.15) is 13.8 Å². The molecule has 2 atom stereocenters. The van der Waals surface area contributed by atoms with E-state index in [1.165, 1.54) is 0 Å². The molecule has 0 radical (unpaired) electrons. The Bertz CT molecular complexity index is 133. The molecule has 0 aliphatic carbocycles. The minimum atomic E-state index is -0.0220. The average molecular weight is 129 g/mol. The van der Waals surface area contributed by atoms with Gasteiger partial charge in [-0.15, -0.1) is 0 Å². The quantitative estimate of drug-likeness (QED) is 0.350. The summed E-state index contributed by atoms with van der Waals surface area (Å²) < 4.78 is 6.19. The molecule has 0 aromatic heterocycles. The van der Waals surface area contributed by atoms with Gasteiger partial charge in [-0.1, -0.05) is 0 Å². The van der Waals surface area contributed by atoms with Crippen LogP contribution in [0.2, 0.25) is 0 Å². The predicted octanol–water partition coefficient (Wildman–Crippen LogP) is 0.375. The zero-order valence-corrected chi connectivity index (χ0v) is 5.70. The molecule has 0 aromatic carbocycles. The van der Waals surface area contributed by atoms with Crippen LogP contribution in [0.5, 0.6) is 0 Å². The molecule has 2 unspecified atom stereocenters. The second-order valence-electron chi connectivity index (χ2n) is 2.40. The average Bonchev–Trinajstić information content (AvgIpc) is 1.59. The van der Waals surface area contributed by atoms with E-state index in [-0.39, 0.29) is 12.2 Å². The lowest BCUT2D eigenvalue weighted by atomic mass is 10.3. The van der Waals surface area contributed by atoms with E-state index >= 15 is 0 Å². The molecule has 3 heteroatoms. The van der Waals surface area contributed by atoms with E-state index in [9.17, 15) is 5.21 Å². The molecule has 1 rings (SSSR count). The molecule has 3 nitrogen and oxygen atoms in total. The molecule has 0 saturated carbocycles. The van der Waals surface area contributed by atoms with Gasteiger partial charge in [0.1, 0.15) is 12.2 Å². The Morgan fingerprint density at radius 2 is 2.33 bits per heavy atom. The molecule has 0 fully saturated rings. The number of hydroxylamine groups is 1. The maximum absolute atomic E-state index is 10.7. The Morgan fingerprint density at radius 3 is 2.78 bits per heavy atom.